The number of fused-ring (bicyclic) bond motifs is 1. The number of hydrogen-bond donors (Lipinski definition) is 1. The summed E-state index contributed by atoms with van der Waals surface area (Å²) in [7, 11) is 0. The summed E-state index contributed by atoms with van der Waals surface area (Å²) in [6, 6.07) is 0. The zero-order valence-electron chi connectivity index (χ0n) is 17.0. The van der Waals surface area contributed by atoms with E-state index in [0.717, 1.165) is 47.2 Å². The molecule has 4 rings (SSSR count). The number of carbonyl (C=O) groups is 2. The molecule has 2 aromatic heterocycles. The first-order chi connectivity index (χ1) is 14.0. The maximum Gasteiger partial charge on any atom is 0.331 e. The number of carbonyl (C=O) groups excluding carboxylic acids is 1. The third-order valence-electron chi connectivity index (χ3n) is 6.23. The lowest BCUT2D eigenvalue weighted by molar-refractivity contribution is -0.133. The van der Waals surface area contributed by atoms with Gasteiger partial charge in [0, 0.05) is 44.0 Å². The van der Waals surface area contributed by atoms with Gasteiger partial charge in [0.25, 0.3) is 0 Å². The van der Waals surface area contributed by atoms with Crippen LogP contribution in [0, 0.1) is 12.8 Å². The molecule has 2 aliphatic carbocycles. The molecule has 4 nitrogen and oxygen atoms in total. The van der Waals surface area contributed by atoms with Gasteiger partial charge in [0.05, 0.1) is 0 Å². The molecule has 1 unspecified atom stereocenters. The predicted octanol–water partition coefficient (Wildman–Crippen LogP) is 5.76. The molecule has 0 saturated carbocycles. The van der Waals surface area contributed by atoms with Crippen molar-refractivity contribution in [3.8, 4) is 10.6 Å². The van der Waals surface area contributed by atoms with Gasteiger partial charge in [-0.05, 0) is 63.4 Å². The highest BCUT2D eigenvalue weighted by molar-refractivity contribution is 7.15. The number of aliphatic carboxylic acids is 1. The van der Waals surface area contributed by atoms with E-state index in [1.54, 1.807) is 22.7 Å². The largest absolute Gasteiger partial charge is 0.478 e. The molecular formula is C23H27NO3S2. The minimum Gasteiger partial charge on any atom is -0.478 e. The molecule has 0 aromatic carbocycles. The van der Waals surface area contributed by atoms with Crippen LogP contribution < -0.4 is 0 Å². The maximum atomic E-state index is 13.2. The van der Waals surface area contributed by atoms with Gasteiger partial charge in [-0.2, -0.15) is 0 Å². The summed E-state index contributed by atoms with van der Waals surface area (Å²) in [6.45, 7) is 4.25. The Bertz CT molecular complexity index is 982. The average molecular weight is 430 g/mol. The van der Waals surface area contributed by atoms with Crippen LogP contribution in [0.4, 0.5) is 0 Å². The number of aromatic nitrogens is 1. The first-order valence-corrected chi connectivity index (χ1v) is 12.2. The summed E-state index contributed by atoms with van der Waals surface area (Å²) >= 11 is 3.41. The van der Waals surface area contributed by atoms with E-state index in [4.69, 9.17) is 4.98 Å². The van der Waals surface area contributed by atoms with Gasteiger partial charge in [0.1, 0.15) is 5.01 Å². The number of allylic oxidation sites excluding steroid dienone is 1. The van der Waals surface area contributed by atoms with Gasteiger partial charge < -0.3 is 5.11 Å². The highest BCUT2D eigenvalue weighted by atomic mass is 32.1. The summed E-state index contributed by atoms with van der Waals surface area (Å²) in [5.74, 6) is -0.224. The number of carboxylic acid groups (broad SMARTS) is 1. The Hall–Kier alpha value is -1.79. The lowest BCUT2D eigenvalue weighted by atomic mass is 9.84. The first-order valence-electron chi connectivity index (χ1n) is 10.5. The molecule has 0 fully saturated rings. The van der Waals surface area contributed by atoms with Gasteiger partial charge in [-0.25, -0.2) is 9.78 Å². The molecule has 0 aliphatic heterocycles. The zero-order valence-corrected chi connectivity index (χ0v) is 18.7. The molecule has 0 bridgehead atoms. The van der Waals surface area contributed by atoms with E-state index in [1.807, 2.05) is 6.92 Å². The normalized spacial score (nSPS) is 19.3. The number of aryl methyl sites for hydroxylation is 1. The van der Waals surface area contributed by atoms with E-state index in [2.05, 4.69) is 12.3 Å². The molecule has 6 heteroatoms. The van der Waals surface area contributed by atoms with Crippen LogP contribution in [-0.4, -0.2) is 21.8 Å². The quantitative estimate of drug-likeness (QED) is 0.634. The number of hydrogen-bond acceptors (Lipinski definition) is 5. The van der Waals surface area contributed by atoms with E-state index in [9.17, 15) is 14.7 Å². The monoisotopic (exact) mass is 429 g/mol. The second-order valence-electron chi connectivity index (χ2n) is 8.18. The molecule has 29 heavy (non-hydrogen) atoms. The second-order valence-corrected chi connectivity index (χ2v) is 10.2. The molecule has 2 aliphatic rings. The Morgan fingerprint density at radius 2 is 1.97 bits per heavy atom. The van der Waals surface area contributed by atoms with E-state index in [1.165, 1.54) is 28.8 Å². The second kappa shape index (κ2) is 8.52. The van der Waals surface area contributed by atoms with Crippen LogP contribution in [0.2, 0.25) is 0 Å². The average Bonchev–Trinajstić information content (AvgIpc) is 3.29. The van der Waals surface area contributed by atoms with Crippen molar-refractivity contribution in [1.82, 2.24) is 4.98 Å². The van der Waals surface area contributed by atoms with Gasteiger partial charge in [0.15, 0.2) is 5.78 Å². The first kappa shape index (κ1) is 20.5. The SMILES string of the molecule is CCC1CCc2c(sc(CC(=O)C3=C(C(=O)O)CCCC3)c2-c2nc(C)cs2)C1. The lowest BCUT2D eigenvalue weighted by Gasteiger charge is -2.21. The van der Waals surface area contributed by atoms with Crippen molar-refractivity contribution in [3.05, 3.63) is 37.5 Å². The number of nitrogens with zero attached hydrogens (tertiary/aromatic N) is 1. The number of thiazole rings is 1. The summed E-state index contributed by atoms with van der Waals surface area (Å²) < 4.78 is 0. The van der Waals surface area contributed by atoms with Crippen LogP contribution in [0.5, 0.6) is 0 Å². The van der Waals surface area contributed by atoms with Crippen molar-refractivity contribution in [2.24, 2.45) is 5.92 Å². The highest BCUT2D eigenvalue weighted by Crippen LogP contribution is 2.44. The molecule has 0 saturated heterocycles. The lowest BCUT2D eigenvalue weighted by Crippen LogP contribution is -2.17. The Morgan fingerprint density at radius 1 is 1.21 bits per heavy atom. The standard InChI is InChI=1S/C23H27NO3S2/c1-3-14-8-9-17-19(10-14)29-20(21(17)22-24-13(2)12-28-22)11-18(25)15-6-4-5-7-16(15)23(26)27/h12,14H,3-11H2,1-2H3,(H,26,27). The van der Waals surface area contributed by atoms with Crippen molar-refractivity contribution in [2.45, 2.75) is 71.6 Å². The highest BCUT2D eigenvalue weighted by Gasteiger charge is 2.29. The van der Waals surface area contributed by atoms with Crippen molar-refractivity contribution >= 4 is 34.4 Å². The van der Waals surface area contributed by atoms with Crippen LogP contribution in [0.1, 0.15) is 66.5 Å². The fraction of sp³-hybridized carbons (Fsp3) is 0.522. The van der Waals surface area contributed by atoms with Gasteiger partial charge in [0.2, 0.25) is 0 Å². The number of rotatable bonds is 6. The maximum absolute atomic E-state index is 13.2. The van der Waals surface area contributed by atoms with E-state index in [0.29, 0.717) is 30.4 Å². The molecule has 1 atom stereocenters. The van der Waals surface area contributed by atoms with Gasteiger partial charge in [-0.1, -0.05) is 13.3 Å². The predicted molar refractivity (Wildman–Crippen MR) is 118 cm³/mol. The van der Waals surface area contributed by atoms with Gasteiger partial charge >= 0.3 is 5.97 Å². The minimum atomic E-state index is -0.930. The molecule has 1 N–H and O–H groups in total. The van der Waals surface area contributed by atoms with Crippen LogP contribution in [-0.2, 0) is 28.9 Å². The van der Waals surface area contributed by atoms with Crippen molar-refractivity contribution < 1.29 is 14.7 Å². The fourth-order valence-corrected chi connectivity index (χ4v) is 7.03. The summed E-state index contributed by atoms with van der Waals surface area (Å²) in [4.78, 5) is 32.0. The molecule has 2 heterocycles. The van der Waals surface area contributed by atoms with Gasteiger partial charge in [-0.15, -0.1) is 22.7 Å². The van der Waals surface area contributed by atoms with Crippen LogP contribution >= 0.6 is 22.7 Å². The molecule has 154 valence electrons. The molecule has 0 spiro atoms. The van der Waals surface area contributed by atoms with Crippen molar-refractivity contribution in [2.75, 3.05) is 0 Å². The topological polar surface area (TPSA) is 67.3 Å². The summed E-state index contributed by atoms with van der Waals surface area (Å²) in [5.41, 5.74) is 4.43. The molecule has 2 aromatic rings. The third-order valence-corrected chi connectivity index (χ3v) is 8.47. The molecule has 0 amide bonds. The number of ketones is 1. The third kappa shape index (κ3) is 4.10. The Balaban J connectivity index is 1.72. The summed E-state index contributed by atoms with van der Waals surface area (Å²) in [6.07, 6.45) is 7.67. The van der Waals surface area contributed by atoms with Crippen LogP contribution in [0.3, 0.4) is 0 Å². The van der Waals surface area contributed by atoms with Crippen LogP contribution in [0.25, 0.3) is 10.6 Å². The Labute approximate surface area is 179 Å². The van der Waals surface area contributed by atoms with E-state index >= 15 is 0 Å². The van der Waals surface area contributed by atoms with E-state index < -0.39 is 5.97 Å². The number of Topliss-reactive ketones (excluding diaryl/α,β-unsaturated/α-hetero) is 1. The van der Waals surface area contributed by atoms with Crippen molar-refractivity contribution in [3.63, 3.8) is 0 Å². The number of carboxylic acids is 1. The van der Waals surface area contributed by atoms with Gasteiger partial charge in [-0.3, -0.25) is 4.79 Å². The number of thiophene rings is 1. The van der Waals surface area contributed by atoms with E-state index in [-0.39, 0.29) is 5.78 Å². The zero-order chi connectivity index (χ0) is 20.5. The Kier molecular flexibility index (Phi) is 6.02. The van der Waals surface area contributed by atoms with Crippen LogP contribution in [0.15, 0.2) is 16.5 Å². The smallest absolute Gasteiger partial charge is 0.331 e. The van der Waals surface area contributed by atoms with Crippen molar-refractivity contribution in [1.29, 1.82) is 0 Å². The summed E-state index contributed by atoms with van der Waals surface area (Å²) in [5, 5.41) is 12.6. The molecular weight excluding hydrogens is 402 g/mol. The molecule has 0 radical (unpaired) electrons. The fourth-order valence-electron chi connectivity index (χ4n) is 4.60. The minimum absolute atomic E-state index is 0.0118. The Morgan fingerprint density at radius 3 is 2.62 bits per heavy atom.